The Kier molecular flexibility index (Phi) is 15.6. The average Bonchev–Trinajstić information content (AvgIpc) is 2.76. The molecule has 0 spiro atoms. The van der Waals surface area contributed by atoms with E-state index in [0.29, 0.717) is 0 Å². The van der Waals surface area contributed by atoms with Gasteiger partial charge in [-0.25, -0.2) is 0 Å². The van der Waals surface area contributed by atoms with E-state index in [1.54, 1.807) is 0 Å². The van der Waals surface area contributed by atoms with Crippen molar-refractivity contribution in [3.8, 4) is 0 Å². The van der Waals surface area contributed by atoms with Gasteiger partial charge >= 0.3 is 11.9 Å². The minimum Gasteiger partial charge on any atom is -0.462 e. The van der Waals surface area contributed by atoms with E-state index in [1.165, 1.54) is 89.9 Å². The van der Waals surface area contributed by atoms with E-state index in [9.17, 15) is 9.59 Å². The molecule has 0 aromatic heterocycles. The lowest BCUT2D eigenvalue weighted by Crippen LogP contribution is -2.22. The molecule has 0 aromatic carbocycles. The van der Waals surface area contributed by atoms with E-state index >= 15 is 0 Å². The molecule has 0 amide bonds. The highest BCUT2D eigenvalue weighted by Gasteiger charge is 2.19. The summed E-state index contributed by atoms with van der Waals surface area (Å²) in [7, 11) is 0. The van der Waals surface area contributed by atoms with Crippen molar-refractivity contribution < 1.29 is 19.1 Å². The molecule has 0 bridgehead atoms. The molecular formula is C28H50O4. The van der Waals surface area contributed by atoms with E-state index in [1.807, 2.05) is 0 Å². The fraction of sp³-hybridized carbons (Fsp3) is 0.929. The number of carbonyl (C=O) groups excluding carboxylic acids is 2. The molecule has 0 radical (unpaired) electrons. The topological polar surface area (TPSA) is 52.6 Å². The highest BCUT2D eigenvalue weighted by molar-refractivity contribution is 5.77. The minimum atomic E-state index is -0.224. The molecule has 0 aliphatic heterocycles. The van der Waals surface area contributed by atoms with Crippen molar-refractivity contribution in [2.24, 2.45) is 0 Å². The third-order valence-electron chi connectivity index (χ3n) is 7.23. The third-order valence-corrected chi connectivity index (χ3v) is 7.23. The van der Waals surface area contributed by atoms with Gasteiger partial charge in [-0.15, -0.1) is 0 Å². The molecule has 0 N–H and O–H groups in total. The SMILES string of the molecule is O=C(CCC(=O)OC1CCCCCCCCCCC1)OC1CCCCCCCCCCC1. The molecular weight excluding hydrogens is 400 g/mol. The molecule has 186 valence electrons. The van der Waals surface area contributed by atoms with E-state index in [0.717, 1.165) is 51.4 Å². The van der Waals surface area contributed by atoms with Crippen LogP contribution in [0, 0.1) is 0 Å². The van der Waals surface area contributed by atoms with Crippen molar-refractivity contribution in [2.45, 2.75) is 166 Å². The first-order valence-corrected chi connectivity index (χ1v) is 14.1. The Hall–Kier alpha value is -1.06. The van der Waals surface area contributed by atoms with Crippen molar-refractivity contribution in [3.05, 3.63) is 0 Å². The van der Waals surface area contributed by atoms with Crippen LogP contribution in [0.5, 0.6) is 0 Å². The monoisotopic (exact) mass is 450 g/mol. The molecule has 4 heteroatoms. The van der Waals surface area contributed by atoms with Crippen LogP contribution in [0.3, 0.4) is 0 Å². The summed E-state index contributed by atoms with van der Waals surface area (Å²) in [6.45, 7) is 0. The number of carbonyl (C=O) groups is 2. The molecule has 2 aliphatic rings. The van der Waals surface area contributed by atoms with Gasteiger partial charge in [0.15, 0.2) is 0 Å². The van der Waals surface area contributed by atoms with Gasteiger partial charge in [0.2, 0.25) is 0 Å². The van der Waals surface area contributed by atoms with Crippen LogP contribution in [-0.2, 0) is 19.1 Å². The number of rotatable bonds is 5. The first kappa shape index (κ1) is 27.2. The normalized spacial score (nSPS) is 22.4. The second-order valence-corrected chi connectivity index (χ2v) is 10.2. The standard InChI is InChI=1S/C28H50O4/c29-27(31-25-19-15-11-7-3-1-4-8-12-16-20-25)23-24-28(30)32-26-21-17-13-9-5-2-6-10-14-18-22-26/h25-26H,1-24H2. The lowest BCUT2D eigenvalue weighted by molar-refractivity contribution is -0.156. The largest absolute Gasteiger partial charge is 0.462 e. The molecule has 0 atom stereocenters. The molecule has 4 nitrogen and oxygen atoms in total. The molecule has 32 heavy (non-hydrogen) atoms. The molecule has 0 heterocycles. The van der Waals surface area contributed by atoms with Crippen LogP contribution in [0.2, 0.25) is 0 Å². The van der Waals surface area contributed by atoms with Gasteiger partial charge in [0, 0.05) is 0 Å². The first-order chi connectivity index (χ1) is 15.7. The van der Waals surface area contributed by atoms with Crippen LogP contribution in [-0.4, -0.2) is 24.1 Å². The van der Waals surface area contributed by atoms with Gasteiger partial charge in [0.25, 0.3) is 0 Å². The molecule has 0 aromatic rings. The average molecular weight is 451 g/mol. The zero-order chi connectivity index (χ0) is 22.7. The van der Waals surface area contributed by atoms with E-state index < -0.39 is 0 Å². The zero-order valence-electron chi connectivity index (χ0n) is 20.8. The Morgan fingerprint density at radius 3 is 0.875 bits per heavy atom. The van der Waals surface area contributed by atoms with E-state index in [-0.39, 0.29) is 37.0 Å². The fourth-order valence-corrected chi connectivity index (χ4v) is 5.18. The smallest absolute Gasteiger partial charge is 0.306 e. The van der Waals surface area contributed by atoms with Crippen LogP contribution in [0.4, 0.5) is 0 Å². The summed E-state index contributed by atoms with van der Waals surface area (Å²) in [5.74, 6) is -0.449. The summed E-state index contributed by atoms with van der Waals surface area (Å²) in [5.41, 5.74) is 0. The molecule has 0 saturated heterocycles. The maximum absolute atomic E-state index is 12.4. The van der Waals surface area contributed by atoms with Crippen LogP contribution >= 0.6 is 0 Å². The molecule has 2 aliphatic carbocycles. The van der Waals surface area contributed by atoms with Gasteiger partial charge in [-0.05, 0) is 51.4 Å². The molecule has 2 rings (SSSR count). The Bertz CT molecular complexity index is 422. The predicted molar refractivity (Wildman–Crippen MR) is 131 cm³/mol. The Balaban J connectivity index is 1.67. The van der Waals surface area contributed by atoms with Crippen molar-refractivity contribution in [1.29, 1.82) is 0 Å². The van der Waals surface area contributed by atoms with Gasteiger partial charge in [-0.3, -0.25) is 9.59 Å². The highest BCUT2D eigenvalue weighted by Crippen LogP contribution is 2.21. The lowest BCUT2D eigenvalue weighted by Gasteiger charge is -2.20. The summed E-state index contributed by atoms with van der Waals surface area (Å²) < 4.78 is 11.6. The van der Waals surface area contributed by atoms with Gasteiger partial charge in [-0.1, -0.05) is 89.9 Å². The van der Waals surface area contributed by atoms with Gasteiger partial charge in [0.1, 0.15) is 12.2 Å². The fourth-order valence-electron chi connectivity index (χ4n) is 5.18. The van der Waals surface area contributed by atoms with Crippen LogP contribution in [0.1, 0.15) is 154 Å². The maximum atomic E-state index is 12.4. The number of hydrogen-bond donors (Lipinski definition) is 0. The van der Waals surface area contributed by atoms with Crippen molar-refractivity contribution >= 4 is 11.9 Å². The van der Waals surface area contributed by atoms with Gasteiger partial charge < -0.3 is 9.47 Å². The summed E-state index contributed by atoms with van der Waals surface area (Å²) in [6.07, 6.45) is 27.1. The maximum Gasteiger partial charge on any atom is 0.306 e. The Morgan fingerprint density at radius 1 is 0.406 bits per heavy atom. The predicted octanol–water partition coefficient (Wildman–Crippen LogP) is 8.20. The van der Waals surface area contributed by atoms with Crippen LogP contribution < -0.4 is 0 Å². The molecule has 2 saturated carbocycles. The Morgan fingerprint density at radius 2 is 0.625 bits per heavy atom. The van der Waals surface area contributed by atoms with Crippen molar-refractivity contribution in [3.63, 3.8) is 0 Å². The number of esters is 2. The number of hydrogen-bond acceptors (Lipinski definition) is 4. The van der Waals surface area contributed by atoms with E-state index in [4.69, 9.17) is 9.47 Å². The third kappa shape index (κ3) is 14.2. The van der Waals surface area contributed by atoms with Gasteiger partial charge in [-0.2, -0.15) is 0 Å². The first-order valence-electron chi connectivity index (χ1n) is 14.1. The van der Waals surface area contributed by atoms with Crippen molar-refractivity contribution in [2.75, 3.05) is 0 Å². The highest BCUT2D eigenvalue weighted by atomic mass is 16.5. The number of ether oxygens (including phenoxy) is 2. The zero-order valence-corrected chi connectivity index (χ0v) is 20.8. The summed E-state index contributed by atoms with van der Waals surface area (Å²) >= 11 is 0. The second-order valence-electron chi connectivity index (χ2n) is 10.2. The van der Waals surface area contributed by atoms with Crippen LogP contribution in [0.25, 0.3) is 0 Å². The minimum absolute atomic E-state index is 0.0317. The van der Waals surface area contributed by atoms with E-state index in [2.05, 4.69) is 0 Å². The molecule has 0 unspecified atom stereocenters. The Labute approximate surface area is 197 Å². The summed E-state index contributed by atoms with van der Waals surface area (Å²) in [6, 6.07) is 0. The quantitative estimate of drug-likeness (QED) is 0.396. The van der Waals surface area contributed by atoms with Gasteiger partial charge in [0.05, 0.1) is 12.8 Å². The van der Waals surface area contributed by atoms with Crippen LogP contribution in [0.15, 0.2) is 0 Å². The van der Waals surface area contributed by atoms with Crippen molar-refractivity contribution in [1.82, 2.24) is 0 Å². The summed E-state index contributed by atoms with van der Waals surface area (Å²) in [5, 5.41) is 0. The summed E-state index contributed by atoms with van der Waals surface area (Å²) in [4.78, 5) is 24.8. The second kappa shape index (κ2) is 18.4. The lowest BCUT2D eigenvalue weighted by atomic mass is 9.99. The molecule has 2 fully saturated rings.